The molecule has 4 atom stereocenters. The van der Waals surface area contributed by atoms with Gasteiger partial charge in [0.2, 0.25) is 11.8 Å². The van der Waals surface area contributed by atoms with Crippen LogP contribution >= 0.6 is 0 Å². The maximum absolute atomic E-state index is 12.9. The summed E-state index contributed by atoms with van der Waals surface area (Å²) in [5.41, 5.74) is -1.32. The van der Waals surface area contributed by atoms with E-state index in [0.29, 0.717) is 12.8 Å². The van der Waals surface area contributed by atoms with E-state index in [2.05, 4.69) is 31.1 Å². The van der Waals surface area contributed by atoms with Gasteiger partial charge in [0, 0.05) is 12.5 Å². The second-order valence-electron chi connectivity index (χ2n) is 7.12. The number of hydrogen-bond acceptors (Lipinski definition) is 2. The fourth-order valence-corrected chi connectivity index (χ4v) is 3.19. The Hall–Kier alpha value is -0.723. The van der Waals surface area contributed by atoms with Crippen molar-refractivity contribution in [1.29, 1.82) is 0 Å². The molecule has 0 aromatic carbocycles. The van der Waals surface area contributed by atoms with Gasteiger partial charge in [-0.05, 0) is 39.5 Å². The average molecular weight is 299 g/mol. The van der Waals surface area contributed by atoms with E-state index < -0.39 is 5.54 Å². The molecule has 1 aliphatic carbocycles. The van der Waals surface area contributed by atoms with E-state index in [1.165, 1.54) is 6.92 Å². The van der Waals surface area contributed by atoms with E-state index in [9.17, 15) is 9.59 Å². The van der Waals surface area contributed by atoms with Gasteiger partial charge < -0.3 is 24.5 Å². The molecule has 3 unspecified atom stereocenters. The smallest absolute Gasteiger partial charge is 0.349 e. The third-order valence-electron chi connectivity index (χ3n) is 4.05. The van der Waals surface area contributed by atoms with Gasteiger partial charge in [0.05, 0.1) is 0 Å². The van der Waals surface area contributed by atoms with E-state index >= 15 is 0 Å². The number of nitrogens with one attached hydrogen (secondary N) is 2. The van der Waals surface area contributed by atoms with Crippen molar-refractivity contribution < 1.29 is 28.4 Å². The SMILES string of the molecule is C=CCC1C([CH2-])[C@H]([CH2-])CC1(NC(C)=O)C(=O)NC(C)(C)C.[Li+]. The first-order valence-electron chi connectivity index (χ1n) is 7.42. The van der Waals surface area contributed by atoms with Crippen LogP contribution in [-0.2, 0) is 9.59 Å². The number of hydrogen-bond donors (Lipinski definition) is 2. The van der Waals surface area contributed by atoms with Gasteiger partial charge >= 0.3 is 18.9 Å². The molecule has 1 aliphatic rings. The quantitative estimate of drug-likeness (QED) is 0.409. The summed E-state index contributed by atoms with van der Waals surface area (Å²) in [7, 11) is 0. The van der Waals surface area contributed by atoms with Crippen LogP contribution in [0.25, 0.3) is 0 Å². The Kier molecular flexibility index (Phi) is 7.45. The molecule has 0 aliphatic heterocycles. The average Bonchev–Trinajstić information content (AvgIpc) is 2.52. The summed E-state index contributed by atoms with van der Waals surface area (Å²) in [6.45, 7) is 19.2. The summed E-state index contributed by atoms with van der Waals surface area (Å²) in [6, 6.07) is 0. The van der Waals surface area contributed by atoms with Crippen LogP contribution in [0.2, 0.25) is 0 Å². The minimum absolute atomic E-state index is 0. The van der Waals surface area contributed by atoms with E-state index in [-0.39, 0.29) is 54.0 Å². The molecule has 2 amide bonds. The standard InChI is InChI=1S/C17H28N2O2.Li/c1-8-9-14-12(3)11(2)10-17(14,18-13(4)20)15(21)19-16(5,6)7;/h8,11-12,14H,1-3,9-10H2,4-7H3,(H,18,20)(H,19,21);/q-2;+1/t11-,12?,14?,17?;/m1./s1. The van der Waals surface area contributed by atoms with Gasteiger partial charge in [0.25, 0.3) is 0 Å². The van der Waals surface area contributed by atoms with Crippen molar-refractivity contribution in [1.82, 2.24) is 10.6 Å². The molecule has 0 saturated heterocycles. The van der Waals surface area contributed by atoms with Crippen molar-refractivity contribution in [3.8, 4) is 0 Å². The Morgan fingerprint density at radius 2 is 1.91 bits per heavy atom. The van der Waals surface area contributed by atoms with Crippen molar-refractivity contribution in [3.05, 3.63) is 26.5 Å². The zero-order valence-electron chi connectivity index (χ0n) is 14.7. The molecule has 0 aromatic heterocycles. The summed E-state index contributed by atoms with van der Waals surface area (Å²) in [4.78, 5) is 24.6. The summed E-state index contributed by atoms with van der Waals surface area (Å²) < 4.78 is 0. The van der Waals surface area contributed by atoms with Crippen molar-refractivity contribution in [2.75, 3.05) is 0 Å². The molecule has 120 valence electrons. The summed E-state index contributed by atoms with van der Waals surface area (Å²) in [6.07, 6.45) is 2.90. The molecule has 0 heterocycles. The molecule has 0 radical (unpaired) electrons. The fourth-order valence-electron chi connectivity index (χ4n) is 3.19. The molecule has 1 saturated carbocycles. The molecular formula is C17H28LiN2O2-. The zero-order chi connectivity index (χ0) is 16.4. The molecule has 22 heavy (non-hydrogen) atoms. The molecule has 1 fully saturated rings. The van der Waals surface area contributed by atoms with Crippen LogP contribution in [0.4, 0.5) is 0 Å². The van der Waals surface area contributed by atoms with E-state index in [1.807, 2.05) is 20.8 Å². The number of rotatable bonds is 4. The van der Waals surface area contributed by atoms with Gasteiger partial charge in [-0.15, -0.1) is 6.58 Å². The minimum Gasteiger partial charge on any atom is -0.349 e. The molecule has 0 aromatic rings. The van der Waals surface area contributed by atoms with E-state index in [4.69, 9.17) is 0 Å². The number of carbonyl (C=O) groups excluding carboxylic acids is 2. The van der Waals surface area contributed by atoms with Gasteiger partial charge in [-0.2, -0.15) is 11.8 Å². The Labute approximate surface area is 147 Å². The van der Waals surface area contributed by atoms with Gasteiger partial charge in [-0.1, -0.05) is 6.08 Å². The normalized spacial score (nSPS) is 31.1. The Balaban J connectivity index is 0.00000441. The first-order valence-corrected chi connectivity index (χ1v) is 7.42. The third-order valence-corrected chi connectivity index (χ3v) is 4.05. The first kappa shape index (κ1) is 21.3. The molecule has 1 rings (SSSR count). The molecule has 5 heteroatoms. The maximum atomic E-state index is 12.9. The van der Waals surface area contributed by atoms with Crippen molar-refractivity contribution in [2.45, 2.75) is 51.6 Å². The minimum atomic E-state index is -0.952. The van der Waals surface area contributed by atoms with Crippen LogP contribution in [0.1, 0.15) is 40.5 Å². The third kappa shape index (κ3) is 4.63. The molecule has 4 nitrogen and oxygen atoms in total. The monoisotopic (exact) mass is 299 g/mol. The van der Waals surface area contributed by atoms with Crippen molar-refractivity contribution in [3.63, 3.8) is 0 Å². The van der Waals surface area contributed by atoms with Gasteiger partial charge in [-0.25, -0.2) is 0 Å². The Morgan fingerprint density at radius 1 is 1.36 bits per heavy atom. The van der Waals surface area contributed by atoms with Crippen LogP contribution in [0.3, 0.4) is 0 Å². The topological polar surface area (TPSA) is 58.2 Å². The number of amides is 2. The second-order valence-corrected chi connectivity index (χ2v) is 7.12. The predicted molar refractivity (Wildman–Crippen MR) is 85.1 cm³/mol. The summed E-state index contributed by atoms with van der Waals surface area (Å²) in [5.74, 6) is -0.442. The summed E-state index contributed by atoms with van der Waals surface area (Å²) in [5, 5.41) is 5.89. The molecular weight excluding hydrogens is 271 g/mol. The molecule has 2 N–H and O–H groups in total. The molecule has 0 bridgehead atoms. The fraction of sp³-hybridized carbons (Fsp3) is 0.647. The number of allylic oxidation sites excluding steroid dienone is 1. The second kappa shape index (κ2) is 7.70. The molecule has 0 spiro atoms. The Morgan fingerprint density at radius 3 is 2.32 bits per heavy atom. The van der Waals surface area contributed by atoms with Crippen LogP contribution in [0, 0.1) is 31.6 Å². The summed E-state index contributed by atoms with van der Waals surface area (Å²) >= 11 is 0. The van der Waals surface area contributed by atoms with Crippen LogP contribution in [0.5, 0.6) is 0 Å². The first-order chi connectivity index (χ1) is 9.53. The van der Waals surface area contributed by atoms with Gasteiger partial charge in [0.1, 0.15) is 5.54 Å². The van der Waals surface area contributed by atoms with E-state index in [1.54, 1.807) is 6.08 Å². The van der Waals surface area contributed by atoms with Crippen LogP contribution in [0.15, 0.2) is 12.7 Å². The van der Waals surface area contributed by atoms with E-state index in [0.717, 1.165) is 0 Å². The Bertz CT molecular complexity index is 431. The zero-order valence-corrected chi connectivity index (χ0v) is 14.7. The predicted octanol–water partition coefficient (Wildman–Crippen LogP) is -0.723. The van der Waals surface area contributed by atoms with Crippen molar-refractivity contribution in [2.24, 2.45) is 17.8 Å². The van der Waals surface area contributed by atoms with Crippen molar-refractivity contribution >= 4 is 11.8 Å². The largest absolute Gasteiger partial charge is 1.00 e. The number of carbonyl (C=O) groups is 2. The van der Waals surface area contributed by atoms with Crippen LogP contribution in [-0.4, -0.2) is 22.9 Å². The van der Waals surface area contributed by atoms with Gasteiger partial charge in [-0.3, -0.25) is 9.59 Å². The van der Waals surface area contributed by atoms with Crippen LogP contribution < -0.4 is 29.5 Å². The van der Waals surface area contributed by atoms with Gasteiger partial charge in [0.15, 0.2) is 0 Å². The maximum Gasteiger partial charge on any atom is 1.00 e.